The molecule has 1 aromatic rings. The molecule has 0 spiro atoms. The van der Waals surface area contributed by atoms with Crippen LogP contribution >= 0.6 is 0 Å². The highest BCUT2D eigenvalue weighted by Gasteiger charge is 2.28. The molecule has 1 atom stereocenters. The van der Waals surface area contributed by atoms with E-state index in [0.29, 0.717) is 5.92 Å². The summed E-state index contributed by atoms with van der Waals surface area (Å²) in [6.45, 7) is 1.65. The van der Waals surface area contributed by atoms with Gasteiger partial charge in [0.15, 0.2) is 0 Å². The summed E-state index contributed by atoms with van der Waals surface area (Å²) in [5.74, 6) is 0.550. The summed E-state index contributed by atoms with van der Waals surface area (Å²) in [6.07, 6.45) is 6.21. The van der Waals surface area contributed by atoms with Gasteiger partial charge in [-0.1, -0.05) is 11.6 Å². The van der Waals surface area contributed by atoms with Crippen LogP contribution in [0.2, 0.25) is 0 Å². The highest BCUT2D eigenvalue weighted by molar-refractivity contribution is 5.17. The van der Waals surface area contributed by atoms with E-state index < -0.39 is 0 Å². The van der Waals surface area contributed by atoms with Crippen LogP contribution in [0, 0.1) is 0 Å². The first kappa shape index (κ1) is 11.2. The van der Waals surface area contributed by atoms with Gasteiger partial charge >= 0.3 is 0 Å². The van der Waals surface area contributed by atoms with Crippen LogP contribution in [0.3, 0.4) is 0 Å². The average Bonchev–Trinajstić information content (AvgIpc) is 2.88. The first-order chi connectivity index (χ1) is 8.38. The predicted octanol–water partition coefficient (Wildman–Crippen LogP) is 1.22. The van der Waals surface area contributed by atoms with Crippen molar-refractivity contribution in [2.24, 2.45) is 0 Å². The van der Waals surface area contributed by atoms with Gasteiger partial charge in [-0.3, -0.25) is 0 Å². The van der Waals surface area contributed by atoms with Crippen LogP contribution in [-0.2, 0) is 17.9 Å². The second-order valence-electron chi connectivity index (χ2n) is 5.02. The Kier molecular flexibility index (Phi) is 3.11. The number of hydrogen-bond acceptors (Lipinski definition) is 4. The molecule has 0 bridgehead atoms. The number of rotatable bonds is 4. The van der Waals surface area contributed by atoms with Gasteiger partial charge in [-0.15, -0.1) is 5.10 Å². The van der Waals surface area contributed by atoms with Crippen molar-refractivity contribution < 1.29 is 9.84 Å². The van der Waals surface area contributed by atoms with E-state index >= 15 is 0 Å². The van der Waals surface area contributed by atoms with Crippen LogP contribution in [-0.4, -0.2) is 32.8 Å². The summed E-state index contributed by atoms with van der Waals surface area (Å²) >= 11 is 0. The Labute approximate surface area is 101 Å². The van der Waals surface area contributed by atoms with Crippen molar-refractivity contribution in [2.45, 2.75) is 57.3 Å². The minimum absolute atomic E-state index is 0.00262. The van der Waals surface area contributed by atoms with E-state index in [1.54, 1.807) is 0 Å². The molecule has 1 aliphatic heterocycles. The first-order valence-corrected chi connectivity index (χ1v) is 6.53. The SMILES string of the molecule is OCc1nnn(CC2CCCO2)c1C1CCC1. The topological polar surface area (TPSA) is 60.2 Å². The lowest BCUT2D eigenvalue weighted by atomic mass is 9.82. The fourth-order valence-corrected chi connectivity index (χ4v) is 2.71. The third kappa shape index (κ3) is 2.09. The summed E-state index contributed by atoms with van der Waals surface area (Å²) in [5, 5.41) is 17.6. The standard InChI is InChI=1S/C12H19N3O2/c16-8-11-12(9-3-1-4-9)15(14-13-11)7-10-5-2-6-17-10/h9-10,16H,1-8H2. The fraction of sp³-hybridized carbons (Fsp3) is 0.833. The Morgan fingerprint density at radius 2 is 2.18 bits per heavy atom. The van der Waals surface area contributed by atoms with Gasteiger partial charge in [0.1, 0.15) is 5.69 Å². The summed E-state index contributed by atoms with van der Waals surface area (Å²) < 4.78 is 7.60. The van der Waals surface area contributed by atoms with Gasteiger partial charge in [0, 0.05) is 12.5 Å². The lowest BCUT2D eigenvalue weighted by molar-refractivity contribution is 0.0918. The van der Waals surface area contributed by atoms with E-state index in [1.807, 2.05) is 4.68 Å². The minimum atomic E-state index is -0.00262. The molecule has 5 heteroatoms. The highest BCUT2D eigenvalue weighted by Crippen LogP contribution is 2.37. The number of aromatic nitrogens is 3. The largest absolute Gasteiger partial charge is 0.390 e. The minimum Gasteiger partial charge on any atom is -0.390 e. The molecule has 1 N–H and O–H groups in total. The van der Waals surface area contributed by atoms with Crippen molar-refractivity contribution in [3.8, 4) is 0 Å². The van der Waals surface area contributed by atoms with Crippen molar-refractivity contribution in [2.75, 3.05) is 6.61 Å². The summed E-state index contributed by atoms with van der Waals surface area (Å²) in [5.41, 5.74) is 1.90. The van der Waals surface area contributed by atoms with E-state index in [1.165, 1.54) is 19.3 Å². The zero-order valence-corrected chi connectivity index (χ0v) is 10.0. The number of nitrogens with zero attached hydrogens (tertiary/aromatic N) is 3. The zero-order chi connectivity index (χ0) is 11.7. The van der Waals surface area contributed by atoms with E-state index in [0.717, 1.165) is 37.4 Å². The molecule has 1 aromatic heterocycles. The molecule has 94 valence electrons. The monoisotopic (exact) mass is 237 g/mol. The molecule has 0 amide bonds. The molecule has 3 rings (SSSR count). The van der Waals surface area contributed by atoms with Crippen LogP contribution in [0.1, 0.15) is 49.4 Å². The number of aliphatic hydroxyl groups excluding tert-OH is 1. The van der Waals surface area contributed by atoms with E-state index in [-0.39, 0.29) is 12.7 Å². The van der Waals surface area contributed by atoms with Crippen LogP contribution < -0.4 is 0 Å². The summed E-state index contributed by atoms with van der Waals surface area (Å²) in [4.78, 5) is 0. The molecular formula is C12H19N3O2. The number of hydrogen-bond donors (Lipinski definition) is 1. The smallest absolute Gasteiger partial charge is 0.112 e. The predicted molar refractivity (Wildman–Crippen MR) is 61.5 cm³/mol. The molecule has 2 heterocycles. The molecule has 5 nitrogen and oxygen atoms in total. The van der Waals surface area contributed by atoms with Gasteiger partial charge in [-0.25, -0.2) is 4.68 Å². The molecule has 1 aliphatic carbocycles. The van der Waals surface area contributed by atoms with Crippen LogP contribution in [0.25, 0.3) is 0 Å². The molecule has 17 heavy (non-hydrogen) atoms. The van der Waals surface area contributed by atoms with Gasteiger partial charge in [0.2, 0.25) is 0 Å². The quantitative estimate of drug-likeness (QED) is 0.855. The molecule has 0 radical (unpaired) electrons. The van der Waals surface area contributed by atoms with E-state index in [9.17, 15) is 5.11 Å². The Morgan fingerprint density at radius 1 is 1.29 bits per heavy atom. The van der Waals surface area contributed by atoms with Gasteiger partial charge in [-0.05, 0) is 25.7 Å². The highest BCUT2D eigenvalue weighted by atomic mass is 16.5. The average molecular weight is 237 g/mol. The normalized spacial score (nSPS) is 25.1. The van der Waals surface area contributed by atoms with Gasteiger partial charge in [-0.2, -0.15) is 0 Å². The Balaban J connectivity index is 1.79. The molecule has 2 aliphatic rings. The van der Waals surface area contributed by atoms with Crippen LogP contribution in [0.4, 0.5) is 0 Å². The Morgan fingerprint density at radius 3 is 2.76 bits per heavy atom. The van der Waals surface area contributed by atoms with Gasteiger partial charge < -0.3 is 9.84 Å². The fourth-order valence-electron chi connectivity index (χ4n) is 2.71. The van der Waals surface area contributed by atoms with Gasteiger partial charge in [0.25, 0.3) is 0 Å². The van der Waals surface area contributed by atoms with Crippen molar-refractivity contribution in [3.63, 3.8) is 0 Å². The molecule has 1 saturated carbocycles. The lowest BCUT2D eigenvalue weighted by Crippen LogP contribution is -2.22. The summed E-state index contributed by atoms with van der Waals surface area (Å²) in [6, 6.07) is 0. The van der Waals surface area contributed by atoms with Crippen molar-refractivity contribution in [1.82, 2.24) is 15.0 Å². The second-order valence-corrected chi connectivity index (χ2v) is 5.02. The lowest BCUT2D eigenvalue weighted by Gasteiger charge is -2.27. The molecule has 0 aromatic carbocycles. The van der Waals surface area contributed by atoms with E-state index in [4.69, 9.17) is 4.74 Å². The van der Waals surface area contributed by atoms with Crippen molar-refractivity contribution >= 4 is 0 Å². The number of ether oxygens (including phenoxy) is 1. The third-order valence-corrected chi connectivity index (χ3v) is 3.89. The second kappa shape index (κ2) is 4.74. The Bertz CT molecular complexity index is 381. The molecular weight excluding hydrogens is 218 g/mol. The van der Waals surface area contributed by atoms with Crippen LogP contribution in [0.5, 0.6) is 0 Å². The maximum absolute atomic E-state index is 9.31. The van der Waals surface area contributed by atoms with Crippen molar-refractivity contribution in [1.29, 1.82) is 0 Å². The van der Waals surface area contributed by atoms with Gasteiger partial charge in [0.05, 0.1) is 24.9 Å². The molecule has 1 unspecified atom stereocenters. The molecule has 1 saturated heterocycles. The zero-order valence-electron chi connectivity index (χ0n) is 10.0. The first-order valence-electron chi connectivity index (χ1n) is 6.53. The van der Waals surface area contributed by atoms with Crippen LogP contribution in [0.15, 0.2) is 0 Å². The number of aliphatic hydroxyl groups is 1. The summed E-state index contributed by atoms with van der Waals surface area (Å²) in [7, 11) is 0. The maximum atomic E-state index is 9.31. The third-order valence-electron chi connectivity index (χ3n) is 3.89. The van der Waals surface area contributed by atoms with Crippen molar-refractivity contribution in [3.05, 3.63) is 11.4 Å². The maximum Gasteiger partial charge on any atom is 0.112 e. The van der Waals surface area contributed by atoms with E-state index in [2.05, 4.69) is 10.3 Å². The molecule has 2 fully saturated rings. The Hall–Kier alpha value is -0.940.